The van der Waals surface area contributed by atoms with Gasteiger partial charge in [0, 0.05) is 15.8 Å². The lowest BCUT2D eigenvalue weighted by molar-refractivity contribution is 0.102. The summed E-state index contributed by atoms with van der Waals surface area (Å²) in [5, 5.41) is 2.72. The summed E-state index contributed by atoms with van der Waals surface area (Å²) >= 11 is 3.23. The molecule has 0 unspecified atom stereocenters. The molecule has 2 aromatic rings. The molecule has 0 heterocycles. The van der Waals surface area contributed by atoms with Crippen molar-refractivity contribution in [3.8, 4) is 0 Å². The summed E-state index contributed by atoms with van der Waals surface area (Å²) in [6, 6.07) is 9.19. The van der Waals surface area contributed by atoms with Gasteiger partial charge in [0.1, 0.15) is 5.82 Å². The van der Waals surface area contributed by atoms with E-state index in [4.69, 9.17) is 5.73 Å². The van der Waals surface area contributed by atoms with E-state index >= 15 is 0 Å². The van der Waals surface area contributed by atoms with Crippen LogP contribution in [-0.4, -0.2) is 5.91 Å². The summed E-state index contributed by atoms with van der Waals surface area (Å²) in [6.07, 6.45) is 0. The molecule has 2 rings (SSSR count). The van der Waals surface area contributed by atoms with Crippen molar-refractivity contribution in [3.05, 3.63) is 57.8 Å². The third kappa shape index (κ3) is 3.12. The zero-order valence-electron chi connectivity index (χ0n) is 10.2. The van der Waals surface area contributed by atoms with Gasteiger partial charge in [-0.3, -0.25) is 4.79 Å². The summed E-state index contributed by atoms with van der Waals surface area (Å²) in [7, 11) is 0. The van der Waals surface area contributed by atoms with Crippen LogP contribution in [0.2, 0.25) is 0 Å². The van der Waals surface area contributed by atoms with Crippen LogP contribution in [0.15, 0.2) is 40.9 Å². The van der Waals surface area contributed by atoms with Gasteiger partial charge in [0.25, 0.3) is 5.91 Å². The van der Waals surface area contributed by atoms with Gasteiger partial charge < -0.3 is 11.1 Å². The average Bonchev–Trinajstić information content (AvgIpc) is 2.36. The Balaban J connectivity index is 2.30. The molecule has 0 aromatic heterocycles. The maximum absolute atomic E-state index is 13.2. The molecule has 0 atom stereocenters. The van der Waals surface area contributed by atoms with Crippen molar-refractivity contribution in [3.63, 3.8) is 0 Å². The maximum Gasteiger partial charge on any atom is 0.256 e. The molecule has 0 saturated carbocycles. The van der Waals surface area contributed by atoms with Crippen LogP contribution < -0.4 is 11.1 Å². The number of nitrogens with two attached hydrogens (primary N) is 1. The molecule has 2 aromatic carbocycles. The first-order valence-electron chi connectivity index (χ1n) is 5.60. The molecule has 0 aliphatic carbocycles. The lowest BCUT2D eigenvalue weighted by Crippen LogP contribution is -2.14. The van der Waals surface area contributed by atoms with E-state index in [1.54, 1.807) is 12.1 Å². The summed E-state index contributed by atoms with van der Waals surface area (Å²) in [5.41, 5.74) is 7.96. The van der Waals surface area contributed by atoms with E-state index in [9.17, 15) is 9.18 Å². The van der Waals surface area contributed by atoms with Crippen molar-refractivity contribution in [1.29, 1.82) is 0 Å². The summed E-state index contributed by atoms with van der Waals surface area (Å²) in [4.78, 5) is 12.1. The molecule has 3 N–H and O–H groups in total. The zero-order chi connectivity index (χ0) is 14.0. The van der Waals surface area contributed by atoms with Crippen LogP contribution in [0.3, 0.4) is 0 Å². The van der Waals surface area contributed by atoms with Crippen LogP contribution in [0.25, 0.3) is 0 Å². The molecule has 0 bridgehead atoms. The van der Waals surface area contributed by atoms with Crippen LogP contribution >= 0.6 is 15.9 Å². The predicted octanol–water partition coefficient (Wildman–Crippen LogP) is 3.73. The Kier molecular flexibility index (Phi) is 3.85. The van der Waals surface area contributed by atoms with Crippen LogP contribution in [0.4, 0.5) is 15.8 Å². The third-order valence-electron chi connectivity index (χ3n) is 2.68. The van der Waals surface area contributed by atoms with Crippen molar-refractivity contribution in [2.75, 3.05) is 11.1 Å². The zero-order valence-corrected chi connectivity index (χ0v) is 11.8. The quantitative estimate of drug-likeness (QED) is 0.828. The Morgan fingerprint density at radius 1 is 1.26 bits per heavy atom. The highest BCUT2D eigenvalue weighted by Gasteiger charge is 2.12. The number of carbonyl (C=O) groups is 1. The Hall–Kier alpha value is -1.88. The van der Waals surface area contributed by atoms with Gasteiger partial charge in [0.2, 0.25) is 0 Å². The summed E-state index contributed by atoms with van der Waals surface area (Å²) < 4.78 is 13.7. The number of halogens is 2. The predicted molar refractivity (Wildman–Crippen MR) is 77.6 cm³/mol. The fraction of sp³-hybridized carbons (Fsp3) is 0.0714. The number of benzene rings is 2. The Bertz CT molecular complexity index is 643. The van der Waals surface area contributed by atoms with Gasteiger partial charge in [-0.2, -0.15) is 0 Å². The molecule has 0 spiro atoms. The van der Waals surface area contributed by atoms with Crippen LogP contribution in [0.1, 0.15) is 15.9 Å². The van der Waals surface area contributed by atoms with E-state index in [0.717, 1.165) is 5.56 Å². The van der Waals surface area contributed by atoms with Crippen molar-refractivity contribution in [2.24, 2.45) is 0 Å². The van der Waals surface area contributed by atoms with E-state index < -0.39 is 5.82 Å². The Morgan fingerprint density at radius 2 is 2.00 bits per heavy atom. The second-order valence-corrected chi connectivity index (χ2v) is 5.01. The third-order valence-corrected chi connectivity index (χ3v) is 3.37. The molecule has 5 heteroatoms. The molecular formula is C14H12BrFN2O. The highest BCUT2D eigenvalue weighted by Crippen LogP contribution is 2.22. The minimum absolute atomic E-state index is 0.238. The van der Waals surface area contributed by atoms with Crippen molar-refractivity contribution in [2.45, 2.75) is 6.92 Å². The number of amides is 1. The number of nitrogen functional groups attached to an aromatic ring is 1. The molecule has 0 fully saturated rings. The first kappa shape index (κ1) is 13.5. The number of carbonyl (C=O) groups excluding carboxylic acids is 1. The summed E-state index contributed by atoms with van der Waals surface area (Å²) in [6.45, 7) is 1.86. The molecule has 0 radical (unpaired) electrons. The SMILES string of the molecule is Cc1ccc(N)cc1NC(=O)c1cc(F)ccc1Br. The fourth-order valence-corrected chi connectivity index (χ4v) is 2.06. The topological polar surface area (TPSA) is 55.1 Å². The molecule has 0 aliphatic heterocycles. The highest BCUT2D eigenvalue weighted by atomic mass is 79.9. The van der Waals surface area contributed by atoms with Crippen LogP contribution in [-0.2, 0) is 0 Å². The fourth-order valence-electron chi connectivity index (χ4n) is 1.64. The molecule has 3 nitrogen and oxygen atoms in total. The number of anilines is 2. The van der Waals surface area contributed by atoms with Gasteiger partial charge in [0.05, 0.1) is 5.56 Å². The van der Waals surface area contributed by atoms with E-state index in [0.29, 0.717) is 15.8 Å². The van der Waals surface area contributed by atoms with Gasteiger partial charge >= 0.3 is 0 Å². The molecule has 98 valence electrons. The second-order valence-electron chi connectivity index (χ2n) is 4.15. The lowest BCUT2D eigenvalue weighted by Gasteiger charge is -2.10. The molecule has 0 saturated heterocycles. The number of hydrogen-bond donors (Lipinski definition) is 2. The van der Waals surface area contributed by atoms with E-state index in [1.165, 1.54) is 18.2 Å². The minimum Gasteiger partial charge on any atom is -0.399 e. The van der Waals surface area contributed by atoms with Crippen molar-refractivity contribution >= 4 is 33.2 Å². The lowest BCUT2D eigenvalue weighted by atomic mass is 10.1. The molecule has 1 amide bonds. The van der Waals surface area contributed by atoms with Gasteiger partial charge in [-0.1, -0.05) is 6.07 Å². The molecule has 0 aliphatic rings. The van der Waals surface area contributed by atoms with Gasteiger partial charge in [-0.05, 0) is 58.7 Å². The van der Waals surface area contributed by atoms with Gasteiger partial charge in [0.15, 0.2) is 0 Å². The molecule has 19 heavy (non-hydrogen) atoms. The largest absolute Gasteiger partial charge is 0.399 e. The second kappa shape index (κ2) is 5.40. The number of rotatable bonds is 2. The summed E-state index contributed by atoms with van der Waals surface area (Å²) in [5.74, 6) is -0.849. The van der Waals surface area contributed by atoms with Crippen LogP contribution in [0, 0.1) is 12.7 Å². The first-order valence-corrected chi connectivity index (χ1v) is 6.39. The standard InChI is InChI=1S/C14H12BrFN2O/c1-8-2-4-10(17)7-13(8)18-14(19)11-6-9(16)3-5-12(11)15/h2-7H,17H2,1H3,(H,18,19). The van der Waals surface area contributed by atoms with E-state index in [2.05, 4.69) is 21.2 Å². The minimum atomic E-state index is -0.461. The highest BCUT2D eigenvalue weighted by molar-refractivity contribution is 9.10. The van der Waals surface area contributed by atoms with E-state index in [-0.39, 0.29) is 11.5 Å². The van der Waals surface area contributed by atoms with E-state index in [1.807, 2.05) is 13.0 Å². The molecular weight excluding hydrogens is 311 g/mol. The monoisotopic (exact) mass is 322 g/mol. The smallest absolute Gasteiger partial charge is 0.256 e. The Labute approximate surface area is 118 Å². The number of hydrogen-bond acceptors (Lipinski definition) is 2. The normalized spacial score (nSPS) is 10.3. The van der Waals surface area contributed by atoms with Gasteiger partial charge in [-0.25, -0.2) is 4.39 Å². The first-order chi connectivity index (χ1) is 8.97. The average molecular weight is 323 g/mol. The maximum atomic E-state index is 13.2. The number of nitrogens with one attached hydrogen (secondary N) is 1. The van der Waals surface area contributed by atoms with Gasteiger partial charge in [-0.15, -0.1) is 0 Å². The van der Waals surface area contributed by atoms with Crippen molar-refractivity contribution in [1.82, 2.24) is 0 Å². The number of aryl methyl sites for hydroxylation is 1. The van der Waals surface area contributed by atoms with Crippen LogP contribution in [0.5, 0.6) is 0 Å². The Morgan fingerprint density at radius 3 is 2.74 bits per heavy atom. The van der Waals surface area contributed by atoms with Crippen molar-refractivity contribution < 1.29 is 9.18 Å².